The van der Waals surface area contributed by atoms with Crippen LogP contribution in [0.15, 0.2) is 102 Å². The second-order valence-electron chi connectivity index (χ2n) is 6.34. The number of benzene rings is 4. The Kier molecular flexibility index (Phi) is 3.74. The van der Waals surface area contributed by atoms with Crippen molar-refractivity contribution in [2.75, 3.05) is 0 Å². The van der Waals surface area contributed by atoms with Crippen molar-refractivity contribution in [2.24, 2.45) is 4.74 Å². The summed E-state index contributed by atoms with van der Waals surface area (Å²) in [6.45, 7) is 0. The third-order valence-corrected chi connectivity index (χ3v) is 5.60. The Balaban J connectivity index is 1.89. The standard InChI is InChI=1S/C24H16NP/c1-4-10-17(11-5-1)20-16-21-24(25-26-21)23(19-14-8-3-9-15-19)22(20)18-12-6-2-7-13-18/h1-16H. The van der Waals surface area contributed by atoms with Crippen LogP contribution < -0.4 is 5.30 Å². The van der Waals surface area contributed by atoms with E-state index in [9.17, 15) is 0 Å². The van der Waals surface area contributed by atoms with Gasteiger partial charge in [0.2, 0.25) is 0 Å². The fraction of sp³-hybridized carbons (Fsp3) is 0. The monoisotopic (exact) mass is 349 g/mol. The molecule has 122 valence electrons. The van der Waals surface area contributed by atoms with E-state index < -0.39 is 0 Å². The summed E-state index contributed by atoms with van der Waals surface area (Å²) < 4.78 is 4.70. The average molecular weight is 349 g/mol. The molecule has 0 saturated heterocycles. The van der Waals surface area contributed by atoms with E-state index in [1.807, 2.05) is 0 Å². The Hall–Kier alpha value is -3.02. The molecule has 5 rings (SSSR count). The zero-order chi connectivity index (χ0) is 17.3. The van der Waals surface area contributed by atoms with Crippen LogP contribution >= 0.6 is 8.37 Å². The van der Waals surface area contributed by atoms with Gasteiger partial charge >= 0.3 is 0 Å². The lowest BCUT2D eigenvalue weighted by molar-refractivity contribution is 1.51. The summed E-state index contributed by atoms with van der Waals surface area (Å²) in [6.07, 6.45) is 0. The summed E-state index contributed by atoms with van der Waals surface area (Å²) in [7, 11) is 1.07. The summed E-state index contributed by atoms with van der Waals surface area (Å²) in [5, 5.41) is 1.31. The Morgan fingerprint density at radius 3 is 1.54 bits per heavy atom. The van der Waals surface area contributed by atoms with Crippen LogP contribution in [0.3, 0.4) is 0 Å². The fourth-order valence-electron chi connectivity index (χ4n) is 3.53. The van der Waals surface area contributed by atoms with Gasteiger partial charge in [-0.2, -0.15) is 0 Å². The van der Waals surface area contributed by atoms with E-state index in [1.165, 1.54) is 38.7 Å². The first-order valence-corrected chi connectivity index (χ1v) is 9.55. The first-order valence-electron chi connectivity index (χ1n) is 8.71. The molecule has 0 N–H and O–H groups in total. The lowest BCUT2D eigenvalue weighted by Gasteiger charge is -2.22. The van der Waals surface area contributed by atoms with Crippen LogP contribution in [0.25, 0.3) is 33.4 Å². The lowest BCUT2D eigenvalue weighted by Crippen LogP contribution is -2.05. The van der Waals surface area contributed by atoms with Crippen molar-refractivity contribution in [3.05, 3.63) is 97.1 Å². The van der Waals surface area contributed by atoms with Gasteiger partial charge < -0.3 is 0 Å². The molecule has 0 bridgehead atoms. The van der Waals surface area contributed by atoms with Gasteiger partial charge in [-0.25, -0.2) is 4.74 Å². The van der Waals surface area contributed by atoms with E-state index in [-0.39, 0.29) is 0 Å². The highest BCUT2D eigenvalue weighted by Crippen LogP contribution is 2.49. The molecule has 0 saturated carbocycles. The Morgan fingerprint density at radius 1 is 0.538 bits per heavy atom. The molecule has 4 aromatic rings. The number of fused-ring (bicyclic) bond motifs is 1. The normalized spacial score (nSPS) is 12.3. The second kappa shape index (κ2) is 6.37. The van der Waals surface area contributed by atoms with Crippen molar-refractivity contribution in [3.63, 3.8) is 0 Å². The number of hydrogen-bond donors (Lipinski definition) is 0. The maximum Gasteiger partial charge on any atom is 0.0897 e. The summed E-state index contributed by atoms with van der Waals surface area (Å²) >= 11 is 0. The minimum Gasteiger partial charge on any atom is -0.225 e. The molecular formula is C24H16NP. The van der Waals surface area contributed by atoms with E-state index in [2.05, 4.69) is 97.1 Å². The first kappa shape index (κ1) is 15.3. The van der Waals surface area contributed by atoms with Crippen LogP contribution in [0.2, 0.25) is 0 Å². The zero-order valence-corrected chi connectivity index (χ0v) is 15.0. The van der Waals surface area contributed by atoms with Gasteiger partial charge in [0.1, 0.15) is 0 Å². The Labute approximate surface area is 154 Å². The smallest absolute Gasteiger partial charge is 0.0897 e. The third-order valence-electron chi connectivity index (χ3n) is 4.75. The van der Waals surface area contributed by atoms with Gasteiger partial charge in [0, 0.05) is 19.2 Å². The highest BCUT2D eigenvalue weighted by atomic mass is 31.1. The summed E-state index contributed by atoms with van der Waals surface area (Å²) in [5.41, 5.74) is 8.61. The van der Waals surface area contributed by atoms with Crippen LogP contribution in [0.5, 0.6) is 0 Å². The van der Waals surface area contributed by atoms with Gasteiger partial charge in [0.15, 0.2) is 0 Å². The molecule has 0 spiro atoms. The highest BCUT2D eigenvalue weighted by molar-refractivity contribution is 7.40. The Bertz CT molecular complexity index is 1100. The third kappa shape index (κ3) is 2.49. The molecule has 2 heteroatoms. The Morgan fingerprint density at radius 2 is 1.04 bits per heavy atom. The van der Waals surface area contributed by atoms with Crippen LogP contribution in [0.4, 0.5) is 5.69 Å². The maximum absolute atomic E-state index is 4.70. The summed E-state index contributed by atoms with van der Waals surface area (Å²) in [4.78, 5) is 0. The van der Waals surface area contributed by atoms with E-state index in [0.717, 1.165) is 14.1 Å². The summed E-state index contributed by atoms with van der Waals surface area (Å²) in [5.74, 6) is 0. The first-order chi connectivity index (χ1) is 12.9. The predicted octanol–water partition coefficient (Wildman–Crippen LogP) is 7.09. The minimum absolute atomic E-state index is 1.07. The van der Waals surface area contributed by atoms with Crippen LogP contribution in [-0.4, -0.2) is 0 Å². The van der Waals surface area contributed by atoms with Crippen LogP contribution in [0.1, 0.15) is 0 Å². The maximum atomic E-state index is 4.70. The topological polar surface area (TPSA) is 12.4 Å². The summed E-state index contributed by atoms with van der Waals surface area (Å²) in [6, 6.07) is 34.3. The van der Waals surface area contributed by atoms with Crippen molar-refractivity contribution < 1.29 is 0 Å². The van der Waals surface area contributed by atoms with E-state index in [1.54, 1.807) is 0 Å². The molecule has 0 aromatic heterocycles. The predicted molar refractivity (Wildman–Crippen MR) is 111 cm³/mol. The highest BCUT2D eigenvalue weighted by Gasteiger charge is 2.24. The molecule has 0 radical (unpaired) electrons. The molecule has 1 aliphatic rings. The van der Waals surface area contributed by atoms with Gasteiger partial charge in [-0.1, -0.05) is 91.0 Å². The molecule has 0 atom stereocenters. The quantitative estimate of drug-likeness (QED) is 0.308. The van der Waals surface area contributed by atoms with Crippen molar-refractivity contribution >= 4 is 19.4 Å². The van der Waals surface area contributed by atoms with Gasteiger partial charge in [-0.05, 0) is 33.9 Å². The van der Waals surface area contributed by atoms with Crippen molar-refractivity contribution in [2.45, 2.75) is 0 Å². The van der Waals surface area contributed by atoms with Gasteiger partial charge in [-0.3, -0.25) is 0 Å². The van der Waals surface area contributed by atoms with Crippen LogP contribution in [0, 0.1) is 0 Å². The second-order valence-corrected chi connectivity index (χ2v) is 7.22. The number of hydrogen-bond acceptors (Lipinski definition) is 1. The molecule has 0 fully saturated rings. The molecule has 0 aliphatic carbocycles. The zero-order valence-electron chi connectivity index (χ0n) is 14.1. The SMILES string of the molecule is c1ccc(-c2cc3c(c(-c4ccccc4)c2-c2ccccc2)N=P3)cc1. The van der Waals surface area contributed by atoms with Crippen LogP contribution in [-0.2, 0) is 0 Å². The van der Waals surface area contributed by atoms with E-state index in [0.29, 0.717) is 0 Å². The molecule has 1 aliphatic heterocycles. The lowest BCUT2D eigenvalue weighted by atomic mass is 9.86. The average Bonchev–Trinajstić information content (AvgIpc) is 2.70. The molecule has 4 aromatic carbocycles. The minimum atomic E-state index is 1.07. The molecular weight excluding hydrogens is 333 g/mol. The number of nitrogens with zero attached hydrogens (tertiary/aromatic N) is 1. The molecule has 1 heterocycles. The van der Waals surface area contributed by atoms with Crippen molar-refractivity contribution in [3.8, 4) is 33.4 Å². The molecule has 26 heavy (non-hydrogen) atoms. The molecule has 0 amide bonds. The number of rotatable bonds is 3. The molecule has 1 nitrogen and oxygen atoms in total. The van der Waals surface area contributed by atoms with Crippen molar-refractivity contribution in [1.82, 2.24) is 0 Å². The van der Waals surface area contributed by atoms with Crippen molar-refractivity contribution in [1.29, 1.82) is 0 Å². The van der Waals surface area contributed by atoms with E-state index >= 15 is 0 Å². The van der Waals surface area contributed by atoms with Gasteiger partial charge in [0.25, 0.3) is 0 Å². The molecule has 0 unspecified atom stereocenters. The van der Waals surface area contributed by atoms with Gasteiger partial charge in [-0.15, -0.1) is 0 Å². The largest absolute Gasteiger partial charge is 0.225 e. The fourth-order valence-corrected chi connectivity index (χ4v) is 4.25. The van der Waals surface area contributed by atoms with E-state index in [4.69, 9.17) is 4.74 Å². The van der Waals surface area contributed by atoms with Gasteiger partial charge in [0.05, 0.1) is 5.69 Å².